The molecule has 1 amide bonds. The third-order valence-electron chi connectivity index (χ3n) is 1.59. The van der Waals surface area contributed by atoms with E-state index in [1.54, 1.807) is 27.7 Å². The van der Waals surface area contributed by atoms with Crippen LogP contribution in [0.25, 0.3) is 0 Å². The van der Waals surface area contributed by atoms with Crippen LogP contribution in [0.1, 0.15) is 27.7 Å². The number of ether oxygens (including phenoxy) is 1. The van der Waals surface area contributed by atoms with E-state index in [9.17, 15) is 9.59 Å². The fraction of sp³-hybridized carbons (Fsp3) is 0.778. The molecular formula is C9H16ClNO3. The summed E-state index contributed by atoms with van der Waals surface area (Å²) in [6.45, 7) is 6.81. The zero-order chi connectivity index (χ0) is 11.5. The van der Waals surface area contributed by atoms with Gasteiger partial charge in [0.25, 0.3) is 0 Å². The number of carbonyl (C=O) groups excluding carboxylic acids is 2. The first-order valence-electron chi connectivity index (χ1n) is 4.30. The number of halogens is 1. The van der Waals surface area contributed by atoms with Gasteiger partial charge >= 0.3 is 6.09 Å². The summed E-state index contributed by atoms with van der Waals surface area (Å²) in [5, 5.41) is -0.585. The normalized spacial score (nSPS) is 13.3. The van der Waals surface area contributed by atoms with Crippen LogP contribution in [0.15, 0.2) is 0 Å². The second-order valence-corrected chi connectivity index (χ2v) is 4.44. The predicted molar refractivity (Wildman–Crippen MR) is 54.3 cm³/mol. The number of carbonyl (C=O) groups is 2. The number of rotatable bonds is 2. The molecule has 0 saturated carbocycles. The highest BCUT2D eigenvalue weighted by Crippen LogP contribution is 2.11. The maximum absolute atomic E-state index is 11.4. The second kappa shape index (κ2) is 4.64. The lowest BCUT2D eigenvalue weighted by Gasteiger charge is -2.26. The van der Waals surface area contributed by atoms with Gasteiger partial charge in [0, 0.05) is 7.05 Å². The van der Waals surface area contributed by atoms with Crippen LogP contribution in [0, 0.1) is 0 Å². The Morgan fingerprint density at radius 3 is 2.07 bits per heavy atom. The summed E-state index contributed by atoms with van der Waals surface area (Å²) in [6, 6.07) is -0.675. The molecule has 82 valence electrons. The summed E-state index contributed by atoms with van der Waals surface area (Å²) in [4.78, 5) is 23.3. The Balaban J connectivity index is 4.33. The summed E-state index contributed by atoms with van der Waals surface area (Å²) in [6.07, 6.45) is -0.556. The van der Waals surface area contributed by atoms with Gasteiger partial charge in [-0.3, -0.25) is 4.79 Å². The second-order valence-electron chi connectivity index (χ2n) is 4.07. The van der Waals surface area contributed by atoms with E-state index < -0.39 is 23.0 Å². The molecule has 0 rings (SSSR count). The van der Waals surface area contributed by atoms with Crippen LogP contribution in [0.3, 0.4) is 0 Å². The van der Waals surface area contributed by atoms with Crippen molar-refractivity contribution in [2.24, 2.45) is 0 Å². The van der Waals surface area contributed by atoms with Crippen LogP contribution < -0.4 is 0 Å². The number of hydrogen-bond acceptors (Lipinski definition) is 3. The van der Waals surface area contributed by atoms with Crippen LogP contribution in [-0.4, -0.2) is 34.9 Å². The van der Waals surface area contributed by atoms with Crippen molar-refractivity contribution in [3.63, 3.8) is 0 Å². The van der Waals surface area contributed by atoms with Crippen molar-refractivity contribution in [1.82, 2.24) is 4.90 Å². The van der Waals surface area contributed by atoms with Crippen molar-refractivity contribution in [3.8, 4) is 0 Å². The van der Waals surface area contributed by atoms with E-state index in [1.165, 1.54) is 11.9 Å². The minimum absolute atomic E-state index is 0.556. The zero-order valence-electron chi connectivity index (χ0n) is 9.13. The molecule has 0 aromatic heterocycles. The average Bonchev–Trinajstić information content (AvgIpc) is 1.98. The molecule has 1 unspecified atom stereocenters. The van der Waals surface area contributed by atoms with Crippen molar-refractivity contribution in [2.45, 2.75) is 39.3 Å². The molecule has 0 bridgehead atoms. The maximum atomic E-state index is 11.4. The molecule has 1 atom stereocenters. The number of amides is 1. The van der Waals surface area contributed by atoms with Crippen molar-refractivity contribution in [3.05, 3.63) is 0 Å². The standard InChI is InChI=1S/C9H16ClNO3/c1-6(7(10)12)11(5)8(13)14-9(2,3)4/h6H,1-5H3. The van der Waals surface area contributed by atoms with E-state index in [0.717, 1.165) is 0 Å². The Bertz CT molecular complexity index is 235. The van der Waals surface area contributed by atoms with Crippen LogP contribution >= 0.6 is 11.6 Å². The summed E-state index contributed by atoms with van der Waals surface area (Å²) in [5.41, 5.74) is -0.569. The first kappa shape index (κ1) is 13.2. The smallest absolute Gasteiger partial charge is 0.410 e. The first-order chi connectivity index (χ1) is 6.15. The highest BCUT2D eigenvalue weighted by atomic mass is 35.5. The highest BCUT2D eigenvalue weighted by Gasteiger charge is 2.25. The number of likely N-dealkylation sites (N-methyl/N-ethyl adjacent to an activating group) is 1. The Morgan fingerprint density at radius 1 is 1.36 bits per heavy atom. The number of nitrogens with zero attached hydrogens (tertiary/aromatic N) is 1. The van der Waals surface area contributed by atoms with E-state index in [4.69, 9.17) is 16.3 Å². The fourth-order valence-corrected chi connectivity index (χ4v) is 0.791. The summed E-state index contributed by atoms with van der Waals surface area (Å²) < 4.78 is 5.05. The Labute approximate surface area is 89.2 Å². The van der Waals surface area contributed by atoms with Crippen LogP contribution in [0.5, 0.6) is 0 Å². The predicted octanol–water partition coefficient (Wildman–Crippen LogP) is 2.01. The van der Waals surface area contributed by atoms with Gasteiger partial charge in [-0.15, -0.1) is 0 Å². The molecule has 0 saturated heterocycles. The lowest BCUT2D eigenvalue weighted by molar-refractivity contribution is -0.115. The molecule has 0 aliphatic rings. The third-order valence-corrected chi connectivity index (χ3v) is 1.91. The van der Waals surface area contributed by atoms with Gasteiger partial charge in [0.05, 0.1) is 0 Å². The topological polar surface area (TPSA) is 46.6 Å². The van der Waals surface area contributed by atoms with Gasteiger partial charge in [0.2, 0.25) is 5.24 Å². The first-order valence-corrected chi connectivity index (χ1v) is 4.68. The summed E-state index contributed by atoms with van der Waals surface area (Å²) in [7, 11) is 1.47. The molecule has 0 aliphatic heterocycles. The van der Waals surface area contributed by atoms with Gasteiger partial charge in [-0.05, 0) is 39.3 Å². The molecular weight excluding hydrogens is 206 g/mol. The van der Waals surface area contributed by atoms with Gasteiger partial charge in [-0.25, -0.2) is 4.79 Å². The van der Waals surface area contributed by atoms with Crippen LogP contribution in [0.4, 0.5) is 4.79 Å². The Hall–Kier alpha value is -0.770. The highest BCUT2D eigenvalue weighted by molar-refractivity contribution is 6.64. The summed E-state index contributed by atoms with van der Waals surface area (Å²) in [5.74, 6) is 0. The lowest BCUT2D eigenvalue weighted by atomic mass is 10.2. The van der Waals surface area contributed by atoms with Gasteiger partial charge < -0.3 is 9.64 Å². The quantitative estimate of drug-likeness (QED) is 0.671. The van der Waals surface area contributed by atoms with E-state index in [-0.39, 0.29) is 0 Å². The molecule has 0 N–H and O–H groups in total. The molecule has 4 nitrogen and oxygen atoms in total. The fourth-order valence-electron chi connectivity index (χ4n) is 0.644. The molecule has 5 heteroatoms. The molecule has 0 spiro atoms. The van der Waals surface area contributed by atoms with E-state index in [1.807, 2.05) is 0 Å². The van der Waals surface area contributed by atoms with Gasteiger partial charge in [-0.2, -0.15) is 0 Å². The van der Waals surface area contributed by atoms with E-state index in [2.05, 4.69) is 0 Å². The number of hydrogen-bond donors (Lipinski definition) is 0. The molecule has 0 aliphatic carbocycles. The van der Waals surface area contributed by atoms with Crippen molar-refractivity contribution >= 4 is 22.9 Å². The van der Waals surface area contributed by atoms with Crippen LogP contribution in [-0.2, 0) is 9.53 Å². The van der Waals surface area contributed by atoms with Crippen LogP contribution in [0.2, 0.25) is 0 Å². The van der Waals surface area contributed by atoms with Crippen molar-refractivity contribution in [1.29, 1.82) is 0 Å². The summed E-state index contributed by atoms with van der Waals surface area (Å²) >= 11 is 5.25. The molecule has 0 aromatic rings. The minimum Gasteiger partial charge on any atom is -0.444 e. The van der Waals surface area contributed by atoms with E-state index >= 15 is 0 Å². The SMILES string of the molecule is CC(C(=O)Cl)N(C)C(=O)OC(C)(C)C. The minimum atomic E-state index is -0.675. The third kappa shape index (κ3) is 4.46. The molecule has 14 heavy (non-hydrogen) atoms. The molecule has 0 fully saturated rings. The Morgan fingerprint density at radius 2 is 1.79 bits per heavy atom. The Kier molecular flexibility index (Phi) is 4.39. The molecule has 0 heterocycles. The van der Waals surface area contributed by atoms with Crippen molar-refractivity contribution < 1.29 is 14.3 Å². The lowest BCUT2D eigenvalue weighted by Crippen LogP contribution is -2.41. The molecule has 0 radical (unpaired) electrons. The van der Waals surface area contributed by atoms with Gasteiger partial charge in [-0.1, -0.05) is 0 Å². The largest absolute Gasteiger partial charge is 0.444 e. The average molecular weight is 222 g/mol. The monoisotopic (exact) mass is 221 g/mol. The maximum Gasteiger partial charge on any atom is 0.410 e. The zero-order valence-corrected chi connectivity index (χ0v) is 9.88. The van der Waals surface area contributed by atoms with E-state index in [0.29, 0.717) is 0 Å². The van der Waals surface area contributed by atoms with Gasteiger partial charge in [0.15, 0.2) is 0 Å². The molecule has 0 aromatic carbocycles. The van der Waals surface area contributed by atoms with Crippen molar-refractivity contribution in [2.75, 3.05) is 7.05 Å². The van der Waals surface area contributed by atoms with Gasteiger partial charge in [0.1, 0.15) is 11.6 Å².